The Hall–Kier alpha value is -0.0800. The highest BCUT2D eigenvalue weighted by Crippen LogP contribution is 2.20. The van der Waals surface area contributed by atoms with E-state index in [4.69, 9.17) is 0 Å². The molecular weight excluding hydrogens is 248 g/mol. The maximum Gasteiger partial charge on any atom is 0.162 e. The summed E-state index contributed by atoms with van der Waals surface area (Å²) in [6.45, 7) is 6.06. The summed E-state index contributed by atoms with van der Waals surface area (Å²) >= 11 is 0. The van der Waals surface area contributed by atoms with E-state index < -0.39 is 5.79 Å². The van der Waals surface area contributed by atoms with E-state index in [0.717, 1.165) is 32.1 Å². The van der Waals surface area contributed by atoms with Crippen LogP contribution in [0, 0.1) is 6.92 Å². The van der Waals surface area contributed by atoms with Crippen molar-refractivity contribution in [3.8, 4) is 0 Å². The number of rotatable bonds is 15. The molecule has 0 aliphatic rings. The zero-order valence-electron chi connectivity index (χ0n) is 13.7. The molecule has 2 heteroatoms. The van der Waals surface area contributed by atoms with E-state index in [2.05, 4.69) is 13.8 Å². The van der Waals surface area contributed by atoms with Crippen LogP contribution in [-0.4, -0.2) is 16.0 Å². The Morgan fingerprint density at radius 1 is 0.650 bits per heavy atom. The first-order valence-corrected chi connectivity index (χ1v) is 8.86. The van der Waals surface area contributed by atoms with Crippen molar-refractivity contribution < 1.29 is 10.2 Å². The van der Waals surface area contributed by atoms with Crippen LogP contribution in [0.1, 0.15) is 103 Å². The van der Waals surface area contributed by atoms with Gasteiger partial charge in [0, 0.05) is 12.8 Å². The standard InChI is InChI=1S/C18H37O2/c1-3-5-7-9-11-13-15-17-18(19,20)16-14-12-10-8-6-4-2/h19-20H,2-17H2,1H3. The van der Waals surface area contributed by atoms with Crippen molar-refractivity contribution in [3.63, 3.8) is 0 Å². The molecule has 0 amide bonds. The molecule has 2 N–H and O–H groups in total. The van der Waals surface area contributed by atoms with E-state index in [0.29, 0.717) is 12.8 Å². The number of hydrogen-bond donors (Lipinski definition) is 2. The Labute approximate surface area is 127 Å². The molecule has 0 rings (SSSR count). The van der Waals surface area contributed by atoms with Crippen molar-refractivity contribution in [2.75, 3.05) is 0 Å². The zero-order valence-corrected chi connectivity index (χ0v) is 13.7. The average Bonchev–Trinajstić information content (AvgIpc) is 2.41. The van der Waals surface area contributed by atoms with Crippen LogP contribution in [0.15, 0.2) is 0 Å². The fourth-order valence-electron chi connectivity index (χ4n) is 2.61. The lowest BCUT2D eigenvalue weighted by Gasteiger charge is -2.21. The van der Waals surface area contributed by atoms with E-state index in [1.54, 1.807) is 0 Å². The van der Waals surface area contributed by atoms with Gasteiger partial charge in [-0.15, -0.1) is 0 Å². The zero-order chi connectivity index (χ0) is 15.1. The largest absolute Gasteiger partial charge is 0.366 e. The topological polar surface area (TPSA) is 40.5 Å². The second kappa shape index (κ2) is 13.9. The Morgan fingerprint density at radius 3 is 1.50 bits per heavy atom. The third kappa shape index (κ3) is 14.3. The van der Waals surface area contributed by atoms with Gasteiger partial charge in [0.25, 0.3) is 0 Å². The van der Waals surface area contributed by atoms with E-state index in [9.17, 15) is 10.2 Å². The molecule has 0 atom stereocenters. The summed E-state index contributed by atoms with van der Waals surface area (Å²) in [5.41, 5.74) is 0. The number of aliphatic hydroxyl groups is 2. The fraction of sp³-hybridized carbons (Fsp3) is 0.944. The minimum Gasteiger partial charge on any atom is -0.366 e. The lowest BCUT2D eigenvalue weighted by atomic mass is 9.99. The summed E-state index contributed by atoms with van der Waals surface area (Å²) in [6, 6.07) is 0. The molecule has 1 radical (unpaired) electrons. The molecule has 0 bridgehead atoms. The quantitative estimate of drug-likeness (QED) is 0.313. The number of unbranched alkanes of at least 4 members (excludes halogenated alkanes) is 11. The van der Waals surface area contributed by atoms with E-state index >= 15 is 0 Å². The van der Waals surface area contributed by atoms with Crippen molar-refractivity contribution in [2.24, 2.45) is 0 Å². The molecular formula is C18H37O2. The molecule has 0 spiro atoms. The first-order valence-electron chi connectivity index (χ1n) is 8.86. The van der Waals surface area contributed by atoms with Crippen LogP contribution in [0.25, 0.3) is 0 Å². The van der Waals surface area contributed by atoms with Gasteiger partial charge in [0.1, 0.15) is 0 Å². The van der Waals surface area contributed by atoms with Crippen molar-refractivity contribution in [3.05, 3.63) is 6.92 Å². The van der Waals surface area contributed by atoms with Gasteiger partial charge in [-0.3, -0.25) is 0 Å². The predicted octanol–water partition coefficient (Wildman–Crippen LogP) is 5.37. The first kappa shape index (κ1) is 19.9. The van der Waals surface area contributed by atoms with Crippen LogP contribution in [-0.2, 0) is 0 Å². The van der Waals surface area contributed by atoms with Crippen LogP contribution >= 0.6 is 0 Å². The minimum absolute atomic E-state index is 0.535. The van der Waals surface area contributed by atoms with Crippen LogP contribution < -0.4 is 0 Å². The normalized spacial score (nSPS) is 12.0. The highest BCUT2D eigenvalue weighted by Gasteiger charge is 2.21. The van der Waals surface area contributed by atoms with Crippen molar-refractivity contribution in [1.29, 1.82) is 0 Å². The molecule has 0 saturated heterocycles. The van der Waals surface area contributed by atoms with Crippen LogP contribution in [0.4, 0.5) is 0 Å². The van der Waals surface area contributed by atoms with Gasteiger partial charge in [-0.25, -0.2) is 0 Å². The predicted molar refractivity (Wildman–Crippen MR) is 87.5 cm³/mol. The van der Waals surface area contributed by atoms with Gasteiger partial charge in [-0.1, -0.05) is 84.5 Å². The van der Waals surface area contributed by atoms with Crippen molar-refractivity contribution in [1.82, 2.24) is 0 Å². The van der Waals surface area contributed by atoms with Crippen LogP contribution in [0.2, 0.25) is 0 Å². The highest BCUT2D eigenvalue weighted by molar-refractivity contribution is 4.65. The van der Waals surface area contributed by atoms with Gasteiger partial charge in [0.2, 0.25) is 0 Å². The van der Waals surface area contributed by atoms with Crippen LogP contribution in [0.3, 0.4) is 0 Å². The molecule has 0 fully saturated rings. The maximum absolute atomic E-state index is 9.90. The lowest BCUT2D eigenvalue weighted by Crippen LogP contribution is -2.27. The molecule has 121 valence electrons. The summed E-state index contributed by atoms with van der Waals surface area (Å²) in [6.07, 6.45) is 16.3. The lowest BCUT2D eigenvalue weighted by molar-refractivity contribution is -0.172. The van der Waals surface area contributed by atoms with Gasteiger partial charge < -0.3 is 10.2 Å². The summed E-state index contributed by atoms with van der Waals surface area (Å²) < 4.78 is 0. The summed E-state index contributed by atoms with van der Waals surface area (Å²) in [5, 5.41) is 19.8. The Balaban J connectivity index is 3.35. The fourth-order valence-corrected chi connectivity index (χ4v) is 2.61. The Kier molecular flexibility index (Phi) is 13.8. The van der Waals surface area contributed by atoms with Gasteiger partial charge in [-0.05, 0) is 12.8 Å². The monoisotopic (exact) mass is 285 g/mol. The molecule has 2 nitrogen and oxygen atoms in total. The molecule has 0 aromatic rings. The highest BCUT2D eigenvalue weighted by atomic mass is 16.5. The van der Waals surface area contributed by atoms with Gasteiger partial charge in [0.05, 0.1) is 0 Å². The molecule has 0 aliphatic carbocycles. The Morgan fingerprint density at radius 2 is 1.05 bits per heavy atom. The van der Waals surface area contributed by atoms with Crippen molar-refractivity contribution >= 4 is 0 Å². The molecule has 0 aromatic carbocycles. The van der Waals surface area contributed by atoms with Gasteiger partial charge in [0.15, 0.2) is 5.79 Å². The van der Waals surface area contributed by atoms with Crippen LogP contribution in [0.5, 0.6) is 0 Å². The van der Waals surface area contributed by atoms with Gasteiger partial charge in [-0.2, -0.15) is 0 Å². The summed E-state index contributed by atoms with van der Waals surface area (Å²) in [4.78, 5) is 0. The Bertz CT molecular complexity index is 190. The molecule has 0 saturated carbocycles. The summed E-state index contributed by atoms with van der Waals surface area (Å²) in [5.74, 6) is -1.42. The van der Waals surface area contributed by atoms with E-state index in [-0.39, 0.29) is 0 Å². The molecule has 0 aliphatic heterocycles. The third-order valence-electron chi connectivity index (χ3n) is 4.01. The van der Waals surface area contributed by atoms with E-state index in [1.165, 1.54) is 51.4 Å². The minimum atomic E-state index is -1.42. The smallest absolute Gasteiger partial charge is 0.162 e. The SMILES string of the molecule is [CH2]CCCCCCCC(O)(O)CCCCCCCCC. The molecule has 0 aromatic heterocycles. The molecule has 20 heavy (non-hydrogen) atoms. The summed E-state index contributed by atoms with van der Waals surface area (Å²) in [7, 11) is 0. The average molecular weight is 285 g/mol. The van der Waals surface area contributed by atoms with E-state index in [1.807, 2.05) is 0 Å². The van der Waals surface area contributed by atoms with Gasteiger partial charge >= 0.3 is 0 Å². The molecule has 0 unspecified atom stereocenters. The third-order valence-corrected chi connectivity index (χ3v) is 4.01. The molecule has 0 heterocycles. The van der Waals surface area contributed by atoms with Crippen molar-refractivity contribution in [2.45, 2.75) is 109 Å². The second-order valence-electron chi connectivity index (χ2n) is 6.23. The first-order chi connectivity index (χ1) is 9.62. The number of hydrogen-bond acceptors (Lipinski definition) is 2. The second-order valence-corrected chi connectivity index (χ2v) is 6.23. The maximum atomic E-state index is 9.90.